The number of carbonyl (C=O) groups is 1. The molecule has 0 aliphatic heterocycles. The average Bonchev–Trinajstić information content (AvgIpc) is 2.56. The lowest BCUT2D eigenvalue weighted by molar-refractivity contribution is 0.0953. The van der Waals surface area contributed by atoms with Crippen molar-refractivity contribution < 1.29 is 4.79 Å². The smallest absolute Gasteiger partial charge is 0.252 e. The molecule has 0 aromatic carbocycles. The van der Waals surface area contributed by atoms with E-state index >= 15 is 0 Å². The highest BCUT2D eigenvalue weighted by Crippen LogP contribution is 2.19. The molecule has 120 valence electrons. The summed E-state index contributed by atoms with van der Waals surface area (Å²) in [7, 11) is 0. The first-order valence-electron chi connectivity index (χ1n) is 8.45. The van der Waals surface area contributed by atoms with E-state index in [1.807, 2.05) is 12.1 Å². The van der Waals surface area contributed by atoms with Crippen LogP contribution in [-0.2, 0) is 0 Å². The Morgan fingerprint density at radius 3 is 2.86 bits per heavy atom. The quantitative estimate of drug-likeness (QED) is 0.565. The van der Waals surface area contributed by atoms with Crippen LogP contribution in [0.1, 0.15) is 62.2 Å². The van der Waals surface area contributed by atoms with E-state index in [4.69, 9.17) is 0 Å². The second-order valence-electron chi connectivity index (χ2n) is 5.83. The second-order valence-corrected chi connectivity index (χ2v) is 5.83. The highest BCUT2D eigenvalue weighted by Gasteiger charge is 2.06. The predicted molar refractivity (Wildman–Crippen MR) is 91.1 cm³/mol. The molecule has 4 nitrogen and oxygen atoms in total. The number of allylic oxidation sites excluding steroid dienone is 1. The summed E-state index contributed by atoms with van der Waals surface area (Å²) in [6.07, 6.45) is 12.3. The van der Waals surface area contributed by atoms with Crippen LogP contribution in [-0.4, -0.2) is 24.0 Å². The van der Waals surface area contributed by atoms with Gasteiger partial charge in [0.1, 0.15) is 5.82 Å². The summed E-state index contributed by atoms with van der Waals surface area (Å²) in [5, 5.41) is 6.23. The van der Waals surface area contributed by atoms with E-state index in [1.54, 1.807) is 11.8 Å². The molecule has 0 saturated carbocycles. The number of anilines is 1. The molecule has 4 heteroatoms. The van der Waals surface area contributed by atoms with Crippen LogP contribution in [0.15, 0.2) is 30.0 Å². The van der Waals surface area contributed by atoms with Crippen molar-refractivity contribution in [3.63, 3.8) is 0 Å². The van der Waals surface area contributed by atoms with Gasteiger partial charge in [0.15, 0.2) is 0 Å². The van der Waals surface area contributed by atoms with Crippen LogP contribution >= 0.6 is 0 Å². The molecule has 1 aromatic rings. The fourth-order valence-corrected chi connectivity index (χ4v) is 2.60. The molecule has 0 radical (unpaired) electrons. The molecular weight excluding hydrogens is 274 g/mol. The van der Waals surface area contributed by atoms with Gasteiger partial charge in [0.05, 0.1) is 5.56 Å². The van der Waals surface area contributed by atoms with Crippen molar-refractivity contribution in [2.45, 2.75) is 51.9 Å². The van der Waals surface area contributed by atoms with Gasteiger partial charge < -0.3 is 10.6 Å². The van der Waals surface area contributed by atoms with Crippen molar-refractivity contribution in [2.24, 2.45) is 0 Å². The second kappa shape index (κ2) is 9.23. The fourth-order valence-electron chi connectivity index (χ4n) is 2.60. The van der Waals surface area contributed by atoms with Gasteiger partial charge in [0.25, 0.3) is 5.91 Å². The minimum Gasteiger partial charge on any atom is -0.370 e. The standard InChI is InChI=1S/C18H27N3O/c1-2-3-12-20-18(22)16-9-10-17(21-14-16)19-13-11-15-7-5-4-6-8-15/h7,9-10,14H,2-6,8,11-13H2,1H3,(H,19,21)(H,20,22). The maximum Gasteiger partial charge on any atom is 0.252 e. The van der Waals surface area contributed by atoms with E-state index in [0.717, 1.165) is 38.2 Å². The van der Waals surface area contributed by atoms with Gasteiger partial charge in [-0.1, -0.05) is 25.0 Å². The molecule has 1 heterocycles. The van der Waals surface area contributed by atoms with Gasteiger partial charge >= 0.3 is 0 Å². The molecule has 1 aliphatic carbocycles. The van der Waals surface area contributed by atoms with Gasteiger partial charge in [-0.25, -0.2) is 4.98 Å². The number of hydrogen-bond acceptors (Lipinski definition) is 3. The van der Waals surface area contributed by atoms with Crippen molar-refractivity contribution in [1.29, 1.82) is 0 Å². The molecule has 0 bridgehead atoms. The average molecular weight is 301 g/mol. The number of hydrogen-bond donors (Lipinski definition) is 2. The Morgan fingerprint density at radius 1 is 1.27 bits per heavy atom. The Balaban J connectivity index is 1.74. The molecule has 0 unspecified atom stereocenters. The third-order valence-electron chi connectivity index (χ3n) is 3.98. The van der Waals surface area contributed by atoms with Gasteiger partial charge in [-0.05, 0) is 50.7 Å². The Hall–Kier alpha value is -1.84. The highest BCUT2D eigenvalue weighted by molar-refractivity contribution is 5.93. The zero-order valence-corrected chi connectivity index (χ0v) is 13.5. The first-order chi connectivity index (χ1) is 10.8. The molecule has 0 fully saturated rings. The molecular formula is C18H27N3O. The van der Waals surface area contributed by atoms with Crippen molar-refractivity contribution >= 4 is 11.7 Å². The van der Waals surface area contributed by atoms with Crippen LogP contribution in [0.2, 0.25) is 0 Å². The lowest BCUT2D eigenvalue weighted by Gasteiger charge is -2.13. The number of carbonyl (C=O) groups excluding carboxylic acids is 1. The molecule has 1 aliphatic rings. The molecule has 1 amide bonds. The number of nitrogens with one attached hydrogen (secondary N) is 2. The van der Waals surface area contributed by atoms with Crippen LogP contribution in [0.4, 0.5) is 5.82 Å². The number of unbranched alkanes of at least 4 members (excludes halogenated alkanes) is 1. The number of rotatable bonds is 8. The van der Waals surface area contributed by atoms with Crippen LogP contribution < -0.4 is 10.6 Å². The summed E-state index contributed by atoms with van der Waals surface area (Å²) >= 11 is 0. The lowest BCUT2D eigenvalue weighted by Crippen LogP contribution is -2.24. The van der Waals surface area contributed by atoms with E-state index in [9.17, 15) is 4.79 Å². The maximum absolute atomic E-state index is 11.9. The Labute approximate surface area is 133 Å². The Morgan fingerprint density at radius 2 is 2.18 bits per heavy atom. The topological polar surface area (TPSA) is 54.0 Å². The summed E-state index contributed by atoms with van der Waals surface area (Å²) in [6, 6.07) is 3.71. The summed E-state index contributed by atoms with van der Waals surface area (Å²) < 4.78 is 0. The number of aromatic nitrogens is 1. The lowest BCUT2D eigenvalue weighted by atomic mass is 9.97. The number of amides is 1. The zero-order valence-electron chi connectivity index (χ0n) is 13.5. The zero-order chi connectivity index (χ0) is 15.6. The Kier molecular flexibility index (Phi) is 6.94. The van der Waals surface area contributed by atoms with Crippen molar-refractivity contribution in [2.75, 3.05) is 18.4 Å². The van der Waals surface area contributed by atoms with Crippen molar-refractivity contribution in [3.8, 4) is 0 Å². The number of pyridine rings is 1. The summed E-state index contributed by atoms with van der Waals surface area (Å²) in [6.45, 7) is 3.74. The van der Waals surface area contributed by atoms with Gasteiger partial charge in [-0.15, -0.1) is 0 Å². The van der Waals surface area contributed by atoms with E-state index in [1.165, 1.54) is 25.7 Å². The third kappa shape index (κ3) is 5.51. The molecule has 22 heavy (non-hydrogen) atoms. The molecule has 2 N–H and O–H groups in total. The predicted octanol–water partition coefficient (Wildman–Crippen LogP) is 3.91. The maximum atomic E-state index is 11.9. The minimum absolute atomic E-state index is 0.0418. The normalized spacial score (nSPS) is 14.3. The van der Waals surface area contributed by atoms with Gasteiger partial charge in [0.2, 0.25) is 0 Å². The highest BCUT2D eigenvalue weighted by atomic mass is 16.1. The van der Waals surface area contributed by atoms with Crippen LogP contribution in [0.25, 0.3) is 0 Å². The fraction of sp³-hybridized carbons (Fsp3) is 0.556. The number of nitrogens with zero attached hydrogens (tertiary/aromatic N) is 1. The molecule has 1 aromatic heterocycles. The van der Waals surface area contributed by atoms with Crippen molar-refractivity contribution in [1.82, 2.24) is 10.3 Å². The SMILES string of the molecule is CCCCNC(=O)c1ccc(NCCC2=CCCCC2)nc1. The van der Waals surface area contributed by atoms with Crippen LogP contribution in [0.5, 0.6) is 0 Å². The van der Waals surface area contributed by atoms with Gasteiger partial charge in [0, 0.05) is 19.3 Å². The summed E-state index contributed by atoms with van der Waals surface area (Å²) in [5.74, 6) is 0.793. The molecule has 2 rings (SSSR count). The van der Waals surface area contributed by atoms with E-state index in [-0.39, 0.29) is 5.91 Å². The van der Waals surface area contributed by atoms with Gasteiger partial charge in [-0.2, -0.15) is 0 Å². The van der Waals surface area contributed by atoms with Gasteiger partial charge in [-0.3, -0.25) is 4.79 Å². The third-order valence-corrected chi connectivity index (χ3v) is 3.98. The van der Waals surface area contributed by atoms with Crippen LogP contribution in [0.3, 0.4) is 0 Å². The summed E-state index contributed by atoms with van der Waals surface area (Å²) in [5.41, 5.74) is 2.18. The first kappa shape index (κ1) is 16.5. The summed E-state index contributed by atoms with van der Waals surface area (Å²) in [4.78, 5) is 16.2. The molecule has 0 atom stereocenters. The Bertz CT molecular complexity index is 494. The largest absolute Gasteiger partial charge is 0.370 e. The monoisotopic (exact) mass is 301 g/mol. The molecule has 0 spiro atoms. The van der Waals surface area contributed by atoms with Crippen molar-refractivity contribution in [3.05, 3.63) is 35.5 Å². The minimum atomic E-state index is -0.0418. The van der Waals surface area contributed by atoms with Crippen LogP contribution in [0, 0.1) is 0 Å². The van der Waals surface area contributed by atoms with E-state index < -0.39 is 0 Å². The molecule has 0 saturated heterocycles. The van der Waals surface area contributed by atoms with E-state index in [2.05, 4.69) is 28.6 Å². The van der Waals surface area contributed by atoms with E-state index in [0.29, 0.717) is 5.56 Å². The first-order valence-corrected chi connectivity index (χ1v) is 8.45.